The topological polar surface area (TPSA) is 26.0 Å². The van der Waals surface area contributed by atoms with Gasteiger partial charge in [-0.25, -0.2) is 0 Å². The molecule has 4 aromatic rings. The summed E-state index contributed by atoms with van der Waals surface area (Å²) < 4.78 is 2.62. The van der Waals surface area contributed by atoms with Gasteiger partial charge in [-0.1, -0.05) is 48.5 Å². The zero-order valence-electron chi connectivity index (χ0n) is 10.8. The number of benzene rings is 3. The van der Waals surface area contributed by atoms with E-state index in [2.05, 4.69) is 60.7 Å². The van der Waals surface area contributed by atoms with Crippen LogP contribution in [-0.2, 0) is 0 Å². The average molecular weight is 275 g/mol. The molecule has 0 aliphatic rings. The van der Waals surface area contributed by atoms with E-state index >= 15 is 0 Å². The molecule has 0 amide bonds. The minimum absolute atomic E-state index is 0.819. The van der Waals surface area contributed by atoms with Crippen molar-refractivity contribution in [3.05, 3.63) is 66.7 Å². The second-order valence-corrected chi connectivity index (χ2v) is 5.96. The third kappa shape index (κ3) is 1.69. The van der Waals surface area contributed by atoms with Gasteiger partial charge in [0.25, 0.3) is 0 Å². The molecule has 96 valence electrons. The van der Waals surface area contributed by atoms with Gasteiger partial charge in [0.2, 0.25) is 0 Å². The van der Waals surface area contributed by atoms with Gasteiger partial charge >= 0.3 is 0 Å². The third-order valence-electron chi connectivity index (χ3n) is 3.59. The fraction of sp³-hybridized carbons (Fsp3) is 0. The van der Waals surface area contributed by atoms with Crippen molar-refractivity contribution in [2.45, 2.75) is 0 Å². The van der Waals surface area contributed by atoms with Crippen LogP contribution < -0.4 is 5.73 Å². The molecule has 1 aromatic heterocycles. The Morgan fingerprint density at radius 2 is 1.50 bits per heavy atom. The number of rotatable bonds is 1. The smallest absolute Gasteiger partial charge is 0.0435 e. The predicted molar refractivity (Wildman–Crippen MR) is 89.2 cm³/mol. The van der Waals surface area contributed by atoms with Crippen molar-refractivity contribution in [2.24, 2.45) is 0 Å². The first-order chi connectivity index (χ1) is 9.83. The lowest BCUT2D eigenvalue weighted by atomic mass is 10.0. The Hall–Kier alpha value is -2.32. The Kier molecular flexibility index (Phi) is 2.51. The van der Waals surface area contributed by atoms with Crippen LogP contribution in [0.15, 0.2) is 66.7 Å². The SMILES string of the molecule is Nc1cc(-c2ccccc2)c2sc3ccccc3c2c1. The van der Waals surface area contributed by atoms with E-state index in [1.807, 2.05) is 17.4 Å². The van der Waals surface area contributed by atoms with E-state index in [0.717, 1.165) is 5.69 Å². The molecule has 20 heavy (non-hydrogen) atoms. The minimum Gasteiger partial charge on any atom is -0.399 e. The van der Waals surface area contributed by atoms with Crippen LogP contribution in [0.1, 0.15) is 0 Å². The summed E-state index contributed by atoms with van der Waals surface area (Å²) in [6, 6.07) is 23.1. The largest absolute Gasteiger partial charge is 0.399 e. The Morgan fingerprint density at radius 3 is 2.35 bits per heavy atom. The molecular formula is C18H13NS. The fourth-order valence-electron chi connectivity index (χ4n) is 2.68. The lowest BCUT2D eigenvalue weighted by Crippen LogP contribution is -1.86. The number of nitrogens with two attached hydrogens (primary N) is 1. The van der Waals surface area contributed by atoms with E-state index < -0.39 is 0 Å². The molecule has 0 aliphatic carbocycles. The van der Waals surface area contributed by atoms with Crippen LogP contribution in [0.2, 0.25) is 0 Å². The Morgan fingerprint density at radius 1 is 0.750 bits per heavy atom. The summed E-state index contributed by atoms with van der Waals surface area (Å²) in [6.45, 7) is 0. The minimum atomic E-state index is 0.819. The average Bonchev–Trinajstić information content (AvgIpc) is 2.86. The summed E-state index contributed by atoms with van der Waals surface area (Å²) >= 11 is 1.84. The van der Waals surface area contributed by atoms with Crippen LogP contribution in [0.4, 0.5) is 5.69 Å². The molecular weight excluding hydrogens is 262 g/mol. The summed E-state index contributed by atoms with van der Waals surface area (Å²) in [5, 5.41) is 2.54. The molecule has 0 saturated heterocycles. The van der Waals surface area contributed by atoms with Gasteiger partial charge in [0.1, 0.15) is 0 Å². The van der Waals surface area contributed by atoms with Crippen LogP contribution in [-0.4, -0.2) is 0 Å². The molecule has 0 bridgehead atoms. The summed E-state index contributed by atoms with van der Waals surface area (Å²) in [6.07, 6.45) is 0. The van der Waals surface area contributed by atoms with E-state index in [1.54, 1.807) is 0 Å². The second-order valence-electron chi connectivity index (χ2n) is 4.91. The Balaban J connectivity index is 2.16. The van der Waals surface area contributed by atoms with Crippen molar-refractivity contribution in [1.82, 2.24) is 0 Å². The second kappa shape index (κ2) is 4.36. The first-order valence-electron chi connectivity index (χ1n) is 6.59. The number of fused-ring (bicyclic) bond motifs is 3. The van der Waals surface area contributed by atoms with Crippen molar-refractivity contribution >= 4 is 37.2 Å². The maximum Gasteiger partial charge on any atom is 0.0435 e. The van der Waals surface area contributed by atoms with Crippen LogP contribution in [0.3, 0.4) is 0 Å². The molecule has 3 aromatic carbocycles. The molecule has 2 heteroatoms. The number of hydrogen-bond acceptors (Lipinski definition) is 2. The Bertz CT molecular complexity index is 907. The fourth-order valence-corrected chi connectivity index (χ4v) is 3.90. The van der Waals surface area contributed by atoms with E-state index in [9.17, 15) is 0 Å². The number of anilines is 1. The van der Waals surface area contributed by atoms with Gasteiger partial charge in [0.05, 0.1) is 0 Å². The summed E-state index contributed by atoms with van der Waals surface area (Å²) in [7, 11) is 0. The summed E-state index contributed by atoms with van der Waals surface area (Å²) in [4.78, 5) is 0. The molecule has 0 saturated carbocycles. The van der Waals surface area contributed by atoms with Gasteiger partial charge in [-0.3, -0.25) is 0 Å². The van der Waals surface area contributed by atoms with Crippen molar-refractivity contribution in [1.29, 1.82) is 0 Å². The lowest BCUT2D eigenvalue weighted by molar-refractivity contribution is 1.67. The highest BCUT2D eigenvalue weighted by Crippen LogP contribution is 2.41. The number of hydrogen-bond donors (Lipinski definition) is 1. The quantitative estimate of drug-likeness (QED) is 0.468. The van der Waals surface area contributed by atoms with Crippen molar-refractivity contribution in [2.75, 3.05) is 5.73 Å². The van der Waals surface area contributed by atoms with Gasteiger partial charge in [-0.2, -0.15) is 0 Å². The van der Waals surface area contributed by atoms with E-state index in [0.29, 0.717) is 0 Å². The van der Waals surface area contributed by atoms with Crippen LogP contribution in [0.5, 0.6) is 0 Å². The maximum absolute atomic E-state index is 6.12. The van der Waals surface area contributed by atoms with Gasteiger partial charge < -0.3 is 5.73 Å². The molecule has 0 spiro atoms. The zero-order valence-corrected chi connectivity index (χ0v) is 11.7. The standard InChI is InChI=1S/C18H13NS/c19-13-10-15(12-6-2-1-3-7-12)18-16(11-13)14-8-4-5-9-17(14)20-18/h1-11H,19H2. The predicted octanol–water partition coefficient (Wildman–Crippen LogP) is 5.30. The van der Waals surface area contributed by atoms with Crippen molar-refractivity contribution in [3.8, 4) is 11.1 Å². The monoisotopic (exact) mass is 275 g/mol. The third-order valence-corrected chi connectivity index (χ3v) is 4.81. The van der Waals surface area contributed by atoms with Crippen LogP contribution in [0, 0.1) is 0 Å². The van der Waals surface area contributed by atoms with Gasteiger partial charge in [-0.05, 0) is 23.8 Å². The molecule has 0 unspecified atom stereocenters. The maximum atomic E-state index is 6.12. The zero-order chi connectivity index (χ0) is 13.5. The van der Waals surface area contributed by atoms with Crippen molar-refractivity contribution < 1.29 is 0 Å². The highest BCUT2D eigenvalue weighted by atomic mass is 32.1. The highest BCUT2D eigenvalue weighted by Gasteiger charge is 2.11. The molecule has 2 N–H and O–H groups in total. The van der Waals surface area contributed by atoms with Crippen LogP contribution in [0.25, 0.3) is 31.3 Å². The molecule has 0 radical (unpaired) electrons. The number of nitrogen functional groups attached to an aromatic ring is 1. The van der Waals surface area contributed by atoms with Crippen LogP contribution >= 0.6 is 11.3 Å². The highest BCUT2D eigenvalue weighted by molar-refractivity contribution is 7.26. The molecule has 4 rings (SSSR count). The van der Waals surface area contributed by atoms with E-state index in [-0.39, 0.29) is 0 Å². The normalized spacial score (nSPS) is 11.2. The Labute approximate surface area is 121 Å². The molecule has 1 nitrogen and oxygen atoms in total. The van der Waals surface area contributed by atoms with Gasteiger partial charge in [0, 0.05) is 31.4 Å². The first kappa shape index (κ1) is 11.5. The number of thiophene rings is 1. The van der Waals surface area contributed by atoms with E-state index in [4.69, 9.17) is 5.73 Å². The van der Waals surface area contributed by atoms with Gasteiger partial charge in [-0.15, -0.1) is 11.3 Å². The first-order valence-corrected chi connectivity index (χ1v) is 7.41. The summed E-state index contributed by atoms with van der Waals surface area (Å²) in [5.74, 6) is 0. The molecule has 0 fully saturated rings. The lowest BCUT2D eigenvalue weighted by Gasteiger charge is -2.05. The molecule has 1 heterocycles. The summed E-state index contributed by atoms with van der Waals surface area (Å²) in [5.41, 5.74) is 9.38. The molecule has 0 aliphatic heterocycles. The van der Waals surface area contributed by atoms with Gasteiger partial charge in [0.15, 0.2) is 0 Å². The van der Waals surface area contributed by atoms with Crippen molar-refractivity contribution in [3.63, 3.8) is 0 Å². The molecule has 0 atom stereocenters. The van der Waals surface area contributed by atoms with E-state index in [1.165, 1.54) is 31.3 Å².